The maximum absolute atomic E-state index is 6.17. The van der Waals surface area contributed by atoms with Gasteiger partial charge in [0.05, 0.1) is 14.2 Å². The van der Waals surface area contributed by atoms with E-state index in [1.54, 1.807) is 14.2 Å². The van der Waals surface area contributed by atoms with Crippen molar-refractivity contribution in [2.45, 2.75) is 31.7 Å². The Morgan fingerprint density at radius 3 is 2.19 bits per heavy atom. The molecule has 1 aromatic carbocycles. The molecule has 0 saturated carbocycles. The van der Waals surface area contributed by atoms with E-state index in [1.165, 1.54) is 5.56 Å². The Labute approximate surface area is 96.5 Å². The summed E-state index contributed by atoms with van der Waals surface area (Å²) in [7, 11) is 3.39. The van der Waals surface area contributed by atoms with Gasteiger partial charge in [-0.3, -0.25) is 0 Å². The second-order valence-electron chi connectivity index (χ2n) is 4.38. The van der Waals surface area contributed by atoms with E-state index in [9.17, 15) is 0 Å². The van der Waals surface area contributed by atoms with Crippen LogP contribution in [0.1, 0.15) is 42.9 Å². The van der Waals surface area contributed by atoms with Crippen molar-refractivity contribution in [2.24, 2.45) is 5.73 Å². The Balaban J connectivity index is 2.63. The molecule has 0 bridgehead atoms. The lowest BCUT2D eigenvalue weighted by molar-refractivity contribution is 0.373. The molecule has 0 amide bonds. The van der Waals surface area contributed by atoms with Crippen LogP contribution in [0.2, 0.25) is 0 Å². The van der Waals surface area contributed by atoms with E-state index in [-0.39, 0.29) is 6.04 Å². The number of benzene rings is 1. The normalized spacial score (nSPS) is 23.8. The zero-order chi connectivity index (χ0) is 11.7. The van der Waals surface area contributed by atoms with Gasteiger partial charge in [0.1, 0.15) is 11.5 Å². The number of hydrogen-bond acceptors (Lipinski definition) is 3. The second kappa shape index (κ2) is 4.34. The highest BCUT2D eigenvalue weighted by Gasteiger charge is 2.28. The molecule has 1 aromatic rings. The molecule has 2 N–H and O–H groups in total. The maximum atomic E-state index is 6.17. The molecule has 0 radical (unpaired) electrons. The summed E-state index contributed by atoms with van der Waals surface area (Å²) in [6, 6.07) is 3.97. The quantitative estimate of drug-likeness (QED) is 0.834. The summed E-state index contributed by atoms with van der Waals surface area (Å²) in [6.07, 6.45) is 2.12. The van der Waals surface area contributed by atoms with Crippen LogP contribution < -0.4 is 15.2 Å². The highest BCUT2D eigenvalue weighted by molar-refractivity contribution is 5.53. The van der Waals surface area contributed by atoms with Gasteiger partial charge in [-0.2, -0.15) is 0 Å². The van der Waals surface area contributed by atoms with E-state index in [1.807, 2.05) is 12.1 Å². The molecule has 3 nitrogen and oxygen atoms in total. The van der Waals surface area contributed by atoms with Gasteiger partial charge in [0, 0.05) is 17.2 Å². The Bertz CT molecular complexity index is 353. The van der Waals surface area contributed by atoms with Gasteiger partial charge < -0.3 is 15.2 Å². The van der Waals surface area contributed by atoms with Crippen LogP contribution in [-0.4, -0.2) is 14.2 Å². The molecule has 2 rings (SSSR count). The average Bonchev–Trinajstić information content (AvgIpc) is 2.32. The molecule has 0 aromatic heterocycles. The van der Waals surface area contributed by atoms with Crippen LogP contribution in [0.15, 0.2) is 12.1 Å². The topological polar surface area (TPSA) is 44.5 Å². The monoisotopic (exact) mass is 221 g/mol. The highest BCUT2D eigenvalue weighted by atomic mass is 16.5. The third kappa shape index (κ3) is 1.65. The molecule has 0 heterocycles. The van der Waals surface area contributed by atoms with Gasteiger partial charge in [-0.25, -0.2) is 0 Å². The summed E-state index contributed by atoms with van der Waals surface area (Å²) in [4.78, 5) is 0. The van der Waals surface area contributed by atoms with Gasteiger partial charge in [-0.1, -0.05) is 6.92 Å². The first-order valence-electron chi connectivity index (χ1n) is 5.69. The van der Waals surface area contributed by atoms with Crippen LogP contribution in [0.25, 0.3) is 0 Å². The van der Waals surface area contributed by atoms with Crippen LogP contribution >= 0.6 is 0 Å². The lowest BCUT2D eigenvalue weighted by atomic mass is 9.80. The first-order valence-corrected chi connectivity index (χ1v) is 5.69. The standard InChI is InChI=1S/C13H19NO2/c1-8-4-5-9(14)13-11(16-3)7-6-10(15-2)12(8)13/h6-9H,4-5,14H2,1-3H3/t8?,9-/m0/s1. The molecule has 3 heteroatoms. The SMILES string of the molecule is COc1ccc(OC)c2c1C(C)CC[C@@H]2N. The van der Waals surface area contributed by atoms with Crippen LogP contribution in [0.4, 0.5) is 0 Å². The zero-order valence-corrected chi connectivity index (χ0v) is 10.1. The fraction of sp³-hybridized carbons (Fsp3) is 0.538. The van der Waals surface area contributed by atoms with E-state index in [0.717, 1.165) is 29.9 Å². The third-order valence-corrected chi connectivity index (χ3v) is 3.42. The Morgan fingerprint density at radius 2 is 1.62 bits per heavy atom. The smallest absolute Gasteiger partial charge is 0.124 e. The van der Waals surface area contributed by atoms with Gasteiger partial charge in [-0.05, 0) is 30.9 Å². The molecule has 1 unspecified atom stereocenters. The lowest BCUT2D eigenvalue weighted by Crippen LogP contribution is -2.21. The van der Waals surface area contributed by atoms with E-state index < -0.39 is 0 Å². The molecule has 2 atom stereocenters. The van der Waals surface area contributed by atoms with Crippen molar-refractivity contribution >= 4 is 0 Å². The minimum absolute atomic E-state index is 0.0660. The largest absolute Gasteiger partial charge is 0.496 e. The van der Waals surface area contributed by atoms with Gasteiger partial charge in [0.25, 0.3) is 0 Å². The Morgan fingerprint density at radius 1 is 1.06 bits per heavy atom. The van der Waals surface area contributed by atoms with Crippen molar-refractivity contribution in [3.05, 3.63) is 23.3 Å². The molecular weight excluding hydrogens is 202 g/mol. The van der Waals surface area contributed by atoms with Gasteiger partial charge in [0.15, 0.2) is 0 Å². The van der Waals surface area contributed by atoms with E-state index in [4.69, 9.17) is 15.2 Å². The Kier molecular flexibility index (Phi) is 3.06. The zero-order valence-electron chi connectivity index (χ0n) is 10.1. The molecule has 1 aliphatic carbocycles. The molecule has 0 fully saturated rings. The predicted molar refractivity (Wildman–Crippen MR) is 64.1 cm³/mol. The molecule has 0 saturated heterocycles. The number of nitrogens with two attached hydrogens (primary N) is 1. The first kappa shape index (κ1) is 11.3. The number of ether oxygens (including phenoxy) is 2. The minimum Gasteiger partial charge on any atom is -0.496 e. The van der Waals surface area contributed by atoms with E-state index in [0.29, 0.717) is 5.92 Å². The summed E-state index contributed by atoms with van der Waals surface area (Å²) < 4.78 is 10.8. The molecule has 1 aliphatic rings. The van der Waals surface area contributed by atoms with E-state index >= 15 is 0 Å². The van der Waals surface area contributed by atoms with Crippen molar-refractivity contribution < 1.29 is 9.47 Å². The van der Waals surface area contributed by atoms with Crippen molar-refractivity contribution in [2.75, 3.05) is 14.2 Å². The van der Waals surface area contributed by atoms with Gasteiger partial charge in [-0.15, -0.1) is 0 Å². The first-order chi connectivity index (χ1) is 7.69. The Hall–Kier alpha value is -1.22. The summed E-state index contributed by atoms with van der Waals surface area (Å²) in [5.41, 5.74) is 8.52. The fourth-order valence-electron chi connectivity index (χ4n) is 2.56. The summed E-state index contributed by atoms with van der Waals surface area (Å²) >= 11 is 0. The van der Waals surface area contributed by atoms with Crippen molar-refractivity contribution in [3.63, 3.8) is 0 Å². The maximum Gasteiger partial charge on any atom is 0.124 e. The molecule has 88 valence electrons. The number of methoxy groups -OCH3 is 2. The average molecular weight is 221 g/mol. The number of rotatable bonds is 2. The molecule has 16 heavy (non-hydrogen) atoms. The highest BCUT2D eigenvalue weighted by Crippen LogP contribution is 2.45. The van der Waals surface area contributed by atoms with Gasteiger partial charge >= 0.3 is 0 Å². The lowest BCUT2D eigenvalue weighted by Gasteiger charge is -2.30. The molecule has 0 aliphatic heterocycles. The van der Waals surface area contributed by atoms with Crippen molar-refractivity contribution in [1.29, 1.82) is 0 Å². The van der Waals surface area contributed by atoms with Gasteiger partial charge in [0.2, 0.25) is 0 Å². The van der Waals surface area contributed by atoms with Crippen LogP contribution in [-0.2, 0) is 0 Å². The van der Waals surface area contributed by atoms with Crippen LogP contribution in [0, 0.1) is 0 Å². The van der Waals surface area contributed by atoms with E-state index in [2.05, 4.69) is 6.92 Å². The fourth-order valence-corrected chi connectivity index (χ4v) is 2.56. The van der Waals surface area contributed by atoms with Crippen molar-refractivity contribution in [1.82, 2.24) is 0 Å². The number of hydrogen-bond donors (Lipinski definition) is 1. The molecule has 0 spiro atoms. The van der Waals surface area contributed by atoms with Crippen LogP contribution in [0.3, 0.4) is 0 Å². The summed E-state index contributed by atoms with van der Waals surface area (Å²) in [6.45, 7) is 2.21. The summed E-state index contributed by atoms with van der Waals surface area (Å²) in [5, 5.41) is 0. The molecular formula is C13H19NO2. The number of fused-ring (bicyclic) bond motifs is 1. The van der Waals surface area contributed by atoms with Crippen LogP contribution in [0.5, 0.6) is 11.5 Å². The predicted octanol–water partition coefficient (Wildman–Crippen LogP) is 2.60. The van der Waals surface area contributed by atoms with Crippen molar-refractivity contribution in [3.8, 4) is 11.5 Å². The summed E-state index contributed by atoms with van der Waals surface area (Å²) in [5.74, 6) is 2.30. The minimum atomic E-state index is 0.0660. The third-order valence-electron chi connectivity index (χ3n) is 3.42. The second-order valence-corrected chi connectivity index (χ2v) is 4.38.